The molecule has 0 aliphatic rings. The van der Waals surface area contributed by atoms with Crippen LogP contribution >= 0.6 is 0 Å². The Bertz CT molecular complexity index is 1370. The minimum Gasteiger partial charge on any atom is -0.295 e. The number of benzene rings is 3. The molecule has 0 radical (unpaired) electrons. The van der Waals surface area contributed by atoms with Gasteiger partial charge in [-0.2, -0.15) is 5.11 Å². The molecule has 4 aromatic rings. The van der Waals surface area contributed by atoms with E-state index in [-0.39, 0.29) is 17.2 Å². The second-order valence-electron chi connectivity index (χ2n) is 6.92. The van der Waals surface area contributed by atoms with Gasteiger partial charge in [0.15, 0.2) is 11.5 Å². The molecule has 0 unspecified atom stereocenters. The zero-order valence-electron chi connectivity index (χ0n) is 16.9. The van der Waals surface area contributed by atoms with Crippen molar-refractivity contribution in [2.75, 3.05) is 0 Å². The van der Waals surface area contributed by atoms with Gasteiger partial charge in [-0.3, -0.25) is 24.8 Å². The van der Waals surface area contributed by atoms with Gasteiger partial charge < -0.3 is 0 Å². The van der Waals surface area contributed by atoms with Crippen LogP contribution in [0.4, 0.5) is 17.1 Å². The Morgan fingerprint density at radius 3 is 2.19 bits per heavy atom. The number of nitrogens with zero attached hydrogens (tertiary/aromatic N) is 4. The first-order valence-corrected chi connectivity index (χ1v) is 9.62. The first-order chi connectivity index (χ1) is 15.4. The summed E-state index contributed by atoms with van der Waals surface area (Å²) in [6, 6.07) is 21.3. The molecule has 9 heteroatoms. The molecule has 0 amide bonds. The number of aromatic amines is 1. The summed E-state index contributed by atoms with van der Waals surface area (Å²) in [4.78, 5) is 35.0. The monoisotopic (exact) mass is 427 g/mol. The Labute approximate surface area is 181 Å². The number of rotatable bonds is 6. The maximum absolute atomic E-state index is 13.1. The van der Waals surface area contributed by atoms with E-state index >= 15 is 0 Å². The molecule has 0 aliphatic carbocycles. The number of nitrogens with one attached hydrogen (secondary N) is 1. The summed E-state index contributed by atoms with van der Waals surface area (Å²) in [7, 11) is 0. The predicted molar refractivity (Wildman–Crippen MR) is 119 cm³/mol. The number of hydrogen-bond acceptors (Lipinski definition) is 6. The van der Waals surface area contributed by atoms with E-state index < -0.39 is 10.5 Å². The maximum Gasteiger partial charge on any atom is 0.299 e. The first kappa shape index (κ1) is 20.6. The molecule has 4 rings (SSSR count). The third kappa shape index (κ3) is 4.12. The number of non-ortho nitro benzene ring substituents is 1. The Balaban J connectivity index is 1.79. The zero-order chi connectivity index (χ0) is 22.7. The molecule has 158 valence electrons. The molecule has 0 aliphatic heterocycles. The number of hydrogen-bond donors (Lipinski definition) is 1. The van der Waals surface area contributed by atoms with Gasteiger partial charge in [-0.1, -0.05) is 30.3 Å². The number of H-pyrrole nitrogens is 1. The molecule has 9 nitrogen and oxygen atoms in total. The molecule has 1 heterocycles. The summed E-state index contributed by atoms with van der Waals surface area (Å²) in [5.41, 5.74) is 2.19. The van der Waals surface area contributed by atoms with Gasteiger partial charge in [-0.15, -0.1) is 5.11 Å². The molecule has 0 saturated heterocycles. The highest BCUT2D eigenvalue weighted by molar-refractivity contribution is 5.94. The van der Waals surface area contributed by atoms with Crippen molar-refractivity contribution in [1.82, 2.24) is 9.78 Å². The summed E-state index contributed by atoms with van der Waals surface area (Å²) >= 11 is 0. The topological polar surface area (TPSA) is 123 Å². The Morgan fingerprint density at radius 1 is 0.938 bits per heavy atom. The fraction of sp³-hybridized carbons (Fsp3) is 0.0435. The van der Waals surface area contributed by atoms with Crippen LogP contribution in [0.25, 0.3) is 16.9 Å². The van der Waals surface area contributed by atoms with Crippen LogP contribution in [0.5, 0.6) is 0 Å². The van der Waals surface area contributed by atoms with Crippen LogP contribution in [-0.2, 0) is 0 Å². The van der Waals surface area contributed by atoms with Crippen molar-refractivity contribution in [3.8, 4) is 16.9 Å². The quantitative estimate of drug-likeness (QED) is 0.193. The number of Topliss-reactive ketones (excluding diaryl/α,β-unsaturated/α-hetero) is 1. The molecule has 0 bridgehead atoms. The lowest BCUT2D eigenvalue weighted by Crippen LogP contribution is -2.13. The average molecular weight is 427 g/mol. The van der Waals surface area contributed by atoms with Gasteiger partial charge in [0, 0.05) is 23.3 Å². The van der Waals surface area contributed by atoms with Crippen molar-refractivity contribution < 1.29 is 9.72 Å². The summed E-state index contributed by atoms with van der Waals surface area (Å²) in [5, 5.41) is 22.3. The number of nitro groups is 1. The van der Waals surface area contributed by atoms with Gasteiger partial charge in [-0.05, 0) is 43.3 Å². The van der Waals surface area contributed by atoms with E-state index in [2.05, 4.69) is 15.3 Å². The van der Waals surface area contributed by atoms with Crippen LogP contribution in [-0.4, -0.2) is 20.5 Å². The summed E-state index contributed by atoms with van der Waals surface area (Å²) < 4.78 is 1.26. The van der Waals surface area contributed by atoms with Crippen molar-refractivity contribution in [2.24, 2.45) is 10.2 Å². The van der Waals surface area contributed by atoms with Gasteiger partial charge in [0.25, 0.3) is 11.2 Å². The normalized spacial score (nSPS) is 11.0. The van der Waals surface area contributed by atoms with E-state index in [0.717, 1.165) is 5.56 Å². The van der Waals surface area contributed by atoms with Gasteiger partial charge in [-0.25, -0.2) is 4.68 Å². The number of carbonyl (C=O) groups excluding carboxylic acids is 1. The van der Waals surface area contributed by atoms with E-state index in [0.29, 0.717) is 22.6 Å². The van der Waals surface area contributed by atoms with Gasteiger partial charge >= 0.3 is 0 Å². The largest absolute Gasteiger partial charge is 0.299 e. The van der Waals surface area contributed by atoms with Crippen molar-refractivity contribution in [3.63, 3.8) is 0 Å². The van der Waals surface area contributed by atoms with Gasteiger partial charge in [0.1, 0.15) is 0 Å². The second kappa shape index (κ2) is 8.60. The van der Waals surface area contributed by atoms with E-state index in [1.165, 1.54) is 35.9 Å². The van der Waals surface area contributed by atoms with Crippen LogP contribution in [0.2, 0.25) is 0 Å². The smallest absolute Gasteiger partial charge is 0.295 e. The lowest BCUT2D eigenvalue weighted by atomic mass is 10.1. The number of ketones is 1. The number of nitro benzene ring substituents is 1. The van der Waals surface area contributed by atoms with E-state index in [1.807, 2.05) is 30.3 Å². The first-order valence-electron chi connectivity index (χ1n) is 9.62. The molecule has 32 heavy (non-hydrogen) atoms. The number of carbonyl (C=O) groups is 1. The fourth-order valence-corrected chi connectivity index (χ4v) is 3.10. The SMILES string of the molecule is CC(=O)c1ccc(N=Nc2c(-c3ccccc3)[nH]n(-c3ccc([N+](=O)[O-])cc3)c2=O)cc1. The van der Waals surface area contributed by atoms with Gasteiger partial charge in [0.05, 0.1) is 22.0 Å². The Morgan fingerprint density at radius 2 is 1.59 bits per heavy atom. The van der Waals surface area contributed by atoms with Crippen LogP contribution in [0.15, 0.2) is 93.9 Å². The maximum atomic E-state index is 13.1. The molecule has 1 N–H and O–H groups in total. The molecule has 0 atom stereocenters. The fourth-order valence-electron chi connectivity index (χ4n) is 3.10. The minimum absolute atomic E-state index is 0.0588. The van der Waals surface area contributed by atoms with Crippen LogP contribution in [0.3, 0.4) is 0 Å². The molecule has 3 aromatic carbocycles. The second-order valence-corrected chi connectivity index (χ2v) is 6.92. The van der Waals surface area contributed by atoms with Gasteiger partial charge in [0.2, 0.25) is 0 Å². The highest BCUT2D eigenvalue weighted by Gasteiger charge is 2.17. The van der Waals surface area contributed by atoms with E-state index in [4.69, 9.17) is 0 Å². The summed E-state index contributed by atoms with van der Waals surface area (Å²) in [5.74, 6) is -0.0588. The lowest BCUT2D eigenvalue weighted by molar-refractivity contribution is -0.384. The van der Waals surface area contributed by atoms with Crippen molar-refractivity contribution in [3.05, 3.63) is 105 Å². The standard InChI is InChI=1S/C23H17N5O4/c1-15(29)16-7-9-18(10-8-16)24-25-22-21(17-5-3-2-4-6-17)26-27(23(22)30)19-11-13-20(14-12-19)28(31)32/h2-14,26H,1H3. The molecular weight excluding hydrogens is 410 g/mol. The Kier molecular flexibility index (Phi) is 5.54. The molecule has 0 fully saturated rings. The van der Waals surface area contributed by atoms with Crippen molar-refractivity contribution in [1.29, 1.82) is 0 Å². The third-order valence-corrected chi connectivity index (χ3v) is 4.79. The minimum atomic E-state index is -0.506. The van der Waals surface area contributed by atoms with Crippen molar-refractivity contribution >= 4 is 22.8 Å². The lowest BCUT2D eigenvalue weighted by Gasteiger charge is -2.01. The molecule has 0 spiro atoms. The Hall–Kier alpha value is -4.66. The van der Waals surface area contributed by atoms with Crippen LogP contribution < -0.4 is 5.56 Å². The third-order valence-electron chi connectivity index (χ3n) is 4.79. The molecule has 1 aromatic heterocycles. The van der Waals surface area contributed by atoms with Crippen molar-refractivity contribution in [2.45, 2.75) is 6.92 Å². The number of azo groups is 1. The number of aromatic nitrogens is 2. The average Bonchev–Trinajstić information content (AvgIpc) is 3.14. The van der Waals surface area contributed by atoms with Crippen LogP contribution in [0.1, 0.15) is 17.3 Å². The molecule has 0 saturated carbocycles. The predicted octanol–water partition coefficient (Wildman–Crippen LogP) is 5.36. The zero-order valence-corrected chi connectivity index (χ0v) is 16.9. The van der Waals surface area contributed by atoms with Crippen LogP contribution in [0, 0.1) is 10.1 Å². The van der Waals surface area contributed by atoms with E-state index in [9.17, 15) is 19.7 Å². The summed E-state index contributed by atoms with van der Waals surface area (Å²) in [6.45, 7) is 1.48. The molecular formula is C23H17N5O4. The highest BCUT2D eigenvalue weighted by atomic mass is 16.6. The summed E-state index contributed by atoms with van der Waals surface area (Å²) in [6.07, 6.45) is 0. The highest BCUT2D eigenvalue weighted by Crippen LogP contribution is 2.28. The van der Waals surface area contributed by atoms with E-state index in [1.54, 1.807) is 24.3 Å².